The molecule has 0 spiro atoms. The van der Waals surface area contributed by atoms with E-state index in [2.05, 4.69) is 25.2 Å². The van der Waals surface area contributed by atoms with Gasteiger partial charge in [-0.15, -0.1) is 0 Å². The van der Waals surface area contributed by atoms with Crippen LogP contribution >= 0.6 is 0 Å². The van der Waals surface area contributed by atoms with Crippen molar-refractivity contribution in [1.82, 2.24) is 5.32 Å². The number of aldehydes is 1. The first kappa shape index (κ1) is 30.1. The zero-order chi connectivity index (χ0) is 30.9. The molecular formula is C34H49NO8. The van der Waals surface area contributed by atoms with Crippen LogP contribution in [-0.4, -0.2) is 86.5 Å². The van der Waals surface area contributed by atoms with Gasteiger partial charge in [-0.2, -0.15) is 0 Å². The summed E-state index contributed by atoms with van der Waals surface area (Å²) in [4.78, 5) is 26.1. The molecule has 7 rings (SSSR count). The lowest BCUT2D eigenvalue weighted by Gasteiger charge is -2.72. The number of ether oxygens (including phenoxy) is 1. The Labute approximate surface area is 253 Å². The molecule has 43 heavy (non-hydrogen) atoms. The van der Waals surface area contributed by atoms with Gasteiger partial charge in [0.15, 0.2) is 0 Å². The Bertz CT molecular complexity index is 1280. The molecule has 9 heteroatoms. The number of esters is 1. The monoisotopic (exact) mass is 599 g/mol. The second kappa shape index (κ2) is 9.46. The van der Waals surface area contributed by atoms with Gasteiger partial charge in [0.25, 0.3) is 0 Å². The lowest BCUT2D eigenvalue weighted by atomic mass is 9.35. The summed E-state index contributed by atoms with van der Waals surface area (Å²) in [7, 11) is 1.83. The third kappa shape index (κ3) is 3.34. The van der Waals surface area contributed by atoms with E-state index < -0.39 is 69.7 Å². The van der Waals surface area contributed by atoms with Crippen LogP contribution in [0, 0.1) is 52.3 Å². The molecule has 0 radical (unpaired) electrons. The number of nitrogens with one attached hydrogen (secondary N) is 1. The molecule has 5 fully saturated rings. The maximum atomic E-state index is 13.5. The summed E-state index contributed by atoms with van der Waals surface area (Å²) in [5.41, 5.74) is -6.25. The fraction of sp³-hybridized carbons (Fsp3) is 0.824. The minimum absolute atomic E-state index is 0.112. The van der Waals surface area contributed by atoms with Gasteiger partial charge in [0.1, 0.15) is 23.6 Å². The van der Waals surface area contributed by atoms with E-state index in [1.807, 2.05) is 14.0 Å². The Balaban J connectivity index is 1.41. The van der Waals surface area contributed by atoms with Gasteiger partial charge in [0.2, 0.25) is 0 Å². The quantitative estimate of drug-likeness (QED) is 0.161. The Morgan fingerprint density at radius 1 is 1.07 bits per heavy atom. The van der Waals surface area contributed by atoms with Crippen molar-refractivity contribution in [2.24, 2.45) is 52.3 Å². The number of carbonyl (C=O) groups is 2. The van der Waals surface area contributed by atoms with E-state index in [-0.39, 0.29) is 36.5 Å². The highest BCUT2D eigenvalue weighted by Gasteiger charge is 2.84. The van der Waals surface area contributed by atoms with E-state index in [9.17, 15) is 35.1 Å². The molecule has 1 aliphatic heterocycles. The zero-order valence-electron chi connectivity index (χ0n) is 25.8. The first-order valence-corrected chi connectivity index (χ1v) is 16.5. The molecule has 6 N–H and O–H groups in total. The average Bonchev–Trinajstić information content (AvgIpc) is 3.38. The summed E-state index contributed by atoms with van der Waals surface area (Å²) in [6.07, 6.45) is 4.70. The summed E-state index contributed by atoms with van der Waals surface area (Å²) in [6, 6.07) is 0. The smallest absolute Gasteiger partial charge is 0.331 e. The van der Waals surface area contributed by atoms with Crippen LogP contribution in [0.15, 0.2) is 23.3 Å². The van der Waals surface area contributed by atoms with Crippen molar-refractivity contribution in [2.75, 3.05) is 13.6 Å². The molecule has 9 nitrogen and oxygen atoms in total. The number of carbonyl (C=O) groups excluding carboxylic acids is 2. The third-order valence-electron chi connectivity index (χ3n) is 14.3. The molecule has 0 aromatic rings. The number of allylic oxidation sites excluding steroid dienone is 1. The maximum Gasteiger partial charge on any atom is 0.331 e. The molecule has 0 aromatic heterocycles. The fourth-order valence-corrected chi connectivity index (χ4v) is 12.4. The van der Waals surface area contributed by atoms with E-state index in [4.69, 9.17) is 4.74 Å². The Hall–Kier alpha value is -1.62. The predicted octanol–water partition coefficient (Wildman–Crippen LogP) is 1.65. The van der Waals surface area contributed by atoms with Crippen LogP contribution in [0.5, 0.6) is 0 Å². The topological polar surface area (TPSA) is 157 Å². The van der Waals surface area contributed by atoms with Crippen molar-refractivity contribution in [2.45, 2.75) is 107 Å². The van der Waals surface area contributed by atoms with Gasteiger partial charge in [0, 0.05) is 35.8 Å². The molecule has 0 aromatic carbocycles. The summed E-state index contributed by atoms with van der Waals surface area (Å²) in [5, 5.41) is 66.2. The molecule has 7 aliphatic rings. The first-order chi connectivity index (χ1) is 20.2. The van der Waals surface area contributed by atoms with Crippen LogP contribution < -0.4 is 5.32 Å². The lowest BCUT2D eigenvalue weighted by molar-refractivity contribution is -0.373. The van der Waals surface area contributed by atoms with Crippen LogP contribution in [0.1, 0.15) is 72.1 Å². The molecule has 6 aliphatic carbocycles. The summed E-state index contributed by atoms with van der Waals surface area (Å²) < 4.78 is 5.74. The van der Waals surface area contributed by atoms with Crippen LogP contribution in [0.4, 0.5) is 0 Å². The maximum absolute atomic E-state index is 13.5. The van der Waals surface area contributed by atoms with Gasteiger partial charge >= 0.3 is 5.97 Å². The number of hydrogen-bond donors (Lipinski definition) is 6. The third-order valence-corrected chi connectivity index (χ3v) is 14.3. The van der Waals surface area contributed by atoms with E-state index in [0.717, 1.165) is 23.9 Å². The van der Waals surface area contributed by atoms with Gasteiger partial charge in [-0.05, 0) is 93.2 Å². The normalized spacial score (nSPS) is 55.1. The van der Waals surface area contributed by atoms with E-state index in [1.54, 1.807) is 6.08 Å². The molecule has 14 unspecified atom stereocenters. The van der Waals surface area contributed by atoms with Crippen LogP contribution in [-0.2, 0) is 14.3 Å². The summed E-state index contributed by atoms with van der Waals surface area (Å²) in [5.74, 6) is -2.98. The van der Waals surface area contributed by atoms with Crippen molar-refractivity contribution >= 4 is 12.3 Å². The van der Waals surface area contributed by atoms with Crippen LogP contribution in [0.25, 0.3) is 0 Å². The van der Waals surface area contributed by atoms with Gasteiger partial charge in [-0.25, -0.2) is 4.79 Å². The highest BCUT2D eigenvalue weighted by molar-refractivity contribution is 5.87. The van der Waals surface area contributed by atoms with Gasteiger partial charge < -0.3 is 40.4 Å². The largest absolute Gasteiger partial charge is 0.450 e. The van der Waals surface area contributed by atoms with Crippen molar-refractivity contribution in [3.05, 3.63) is 23.3 Å². The molecule has 0 saturated heterocycles. The van der Waals surface area contributed by atoms with E-state index >= 15 is 0 Å². The van der Waals surface area contributed by atoms with Gasteiger partial charge in [-0.1, -0.05) is 26.8 Å². The van der Waals surface area contributed by atoms with Gasteiger partial charge in [0.05, 0.1) is 23.2 Å². The lowest BCUT2D eigenvalue weighted by Crippen LogP contribution is -2.85. The summed E-state index contributed by atoms with van der Waals surface area (Å²) in [6.45, 7) is 6.68. The van der Waals surface area contributed by atoms with Crippen molar-refractivity contribution < 1.29 is 39.9 Å². The number of hydrogen-bond acceptors (Lipinski definition) is 9. The second-order valence-electron chi connectivity index (χ2n) is 15.8. The summed E-state index contributed by atoms with van der Waals surface area (Å²) >= 11 is 0. The molecule has 238 valence electrons. The van der Waals surface area contributed by atoms with Crippen molar-refractivity contribution in [3.8, 4) is 0 Å². The number of rotatable bonds is 4. The Morgan fingerprint density at radius 2 is 1.81 bits per heavy atom. The fourth-order valence-electron chi connectivity index (χ4n) is 12.4. The molecule has 1 heterocycles. The van der Waals surface area contributed by atoms with Crippen molar-refractivity contribution in [1.29, 1.82) is 0 Å². The average molecular weight is 600 g/mol. The van der Waals surface area contributed by atoms with Gasteiger partial charge in [-0.3, -0.25) is 0 Å². The first-order valence-electron chi connectivity index (χ1n) is 16.5. The molecule has 0 bridgehead atoms. The number of likely N-dealkylation sites (N-methyl/N-ethyl adjacent to an activating group) is 1. The molecule has 0 amide bonds. The highest BCUT2D eigenvalue weighted by Crippen LogP contribution is 2.75. The minimum Gasteiger partial charge on any atom is -0.450 e. The van der Waals surface area contributed by atoms with Crippen LogP contribution in [0.2, 0.25) is 0 Å². The number of aliphatic hydroxyl groups excluding tert-OH is 2. The predicted molar refractivity (Wildman–Crippen MR) is 156 cm³/mol. The highest BCUT2D eigenvalue weighted by atomic mass is 16.5. The Morgan fingerprint density at radius 3 is 2.49 bits per heavy atom. The van der Waals surface area contributed by atoms with Crippen LogP contribution in [0.3, 0.4) is 0 Å². The standard InChI is InChI=1S/C34H49NO8/c1-17(2)18-5-6-22-24(37)7-10-31(16-36)25-8-9-30(3)27-19(11-20(15-35-4)28-21(27)13-26(38)43-28)14-32(30,40)34(25,42)29(39)23(12-18)33(22,31)41/h11,13,16-19,22-25,27-29,35,37,39-42H,5-10,12,14-15H2,1-4H3. The molecular weight excluding hydrogens is 550 g/mol. The number of fused-ring (bicyclic) bond motifs is 8. The van der Waals surface area contributed by atoms with E-state index in [0.29, 0.717) is 38.6 Å². The number of aliphatic hydroxyl groups is 5. The minimum atomic E-state index is -2.09. The molecule has 5 saturated carbocycles. The second-order valence-corrected chi connectivity index (χ2v) is 15.8. The van der Waals surface area contributed by atoms with Crippen molar-refractivity contribution in [3.63, 3.8) is 0 Å². The van der Waals surface area contributed by atoms with E-state index in [1.165, 1.54) is 0 Å². The zero-order valence-corrected chi connectivity index (χ0v) is 25.8. The Kier molecular flexibility index (Phi) is 6.61. The SMILES string of the molecule is CNCC1=CC2CC3(O)C(C)(CCC4C5(C=O)CCC(O)C6CCC(C(C)C)CC(C(O)C43O)C65O)C2C2=CC(=O)OC12. The molecule has 14 atom stereocenters.